The summed E-state index contributed by atoms with van der Waals surface area (Å²) in [5, 5.41) is 0. The lowest BCUT2D eigenvalue weighted by atomic mass is 10.0. The van der Waals surface area contributed by atoms with Crippen molar-refractivity contribution >= 4 is 0 Å². The highest BCUT2D eigenvalue weighted by Gasteiger charge is 2.53. The van der Waals surface area contributed by atoms with Crippen LogP contribution in [0.1, 0.15) is 47.5 Å². The van der Waals surface area contributed by atoms with Gasteiger partial charge in [0, 0.05) is 19.4 Å². The fourth-order valence-electron chi connectivity index (χ4n) is 4.71. The van der Waals surface area contributed by atoms with Gasteiger partial charge in [-0.25, -0.2) is 0 Å². The molecule has 2 saturated heterocycles. The number of hydrogen-bond acceptors (Lipinski definition) is 1. The second kappa shape index (κ2) is 4.89. The lowest BCUT2D eigenvalue weighted by Gasteiger charge is -2.53. The molecule has 0 aliphatic carbocycles. The first-order valence-electron chi connectivity index (χ1n) is 7.60. The zero-order valence-electron chi connectivity index (χ0n) is 12.4. The van der Waals surface area contributed by atoms with Crippen molar-refractivity contribution in [1.29, 1.82) is 0 Å². The zero-order chi connectivity index (χ0) is 12.6. The van der Waals surface area contributed by atoms with Gasteiger partial charge in [0.05, 0.1) is 25.7 Å². The number of hydrogen-bond donors (Lipinski definition) is 0. The van der Waals surface area contributed by atoms with Gasteiger partial charge in [-0.05, 0) is 26.7 Å². The molecule has 0 aromatic heterocycles. The Morgan fingerprint density at radius 3 is 1.94 bits per heavy atom. The highest BCUT2D eigenvalue weighted by Crippen LogP contribution is 2.40. The summed E-state index contributed by atoms with van der Waals surface area (Å²) in [5.41, 5.74) is 0. The van der Waals surface area contributed by atoms with Gasteiger partial charge in [0.25, 0.3) is 0 Å². The van der Waals surface area contributed by atoms with E-state index in [4.69, 9.17) is 0 Å². The molecule has 2 fully saturated rings. The maximum Gasteiger partial charge on any atom is 0.103 e. The van der Waals surface area contributed by atoms with Crippen LogP contribution in [-0.4, -0.2) is 53.7 Å². The summed E-state index contributed by atoms with van der Waals surface area (Å²) in [6.45, 7) is 17.3. The number of nitrogens with zero attached hydrogens (tertiary/aromatic N) is 2. The predicted molar refractivity (Wildman–Crippen MR) is 74.0 cm³/mol. The SMILES string of the molecule is CC[N+]1(C(C)C)[C@@H]2CC[C@H]1CN(CC(C)C)C2. The Kier molecular flexibility index (Phi) is 3.84. The number of piperazine rings is 1. The van der Waals surface area contributed by atoms with Gasteiger partial charge in [-0.2, -0.15) is 0 Å². The van der Waals surface area contributed by atoms with Crippen molar-refractivity contribution in [1.82, 2.24) is 4.90 Å². The van der Waals surface area contributed by atoms with Gasteiger partial charge < -0.3 is 4.48 Å². The van der Waals surface area contributed by atoms with Gasteiger partial charge in [-0.1, -0.05) is 13.8 Å². The lowest BCUT2D eigenvalue weighted by molar-refractivity contribution is -0.982. The Labute approximate surface area is 108 Å². The Hall–Kier alpha value is -0.0800. The molecule has 0 N–H and O–H groups in total. The minimum Gasteiger partial charge on any atom is -0.315 e. The van der Waals surface area contributed by atoms with Crippen molar-refractivity contribution in [2.24, 2.45) is 5.92 Å². The maximum atomic E-state index is 2.74. The Balaban J connectivity index is 2.12. The Morgan fingerprint density at radius 2 is 1.59 bits per heavy atom. The molecule has 2 rings (SSSR count). The van der Waals surface area contributed by atoms with Crippen LogP contribution >= 0.6 is 0 Å². The van der Waals surface area contributed by atoms with E-state index in [0.717, 1.165) is 24.0 Å². The third-order valence-electron chi connectivity index (χ3n) is 5.26. The lowest BCUT2D eigenvalue weighted by Crippen LogP contribution is -2.69. The van der Waals surface area contributed by atoms with Crippen molar-refractivity contribution in [3.8, 4) is 0 Å². The van der Waals surface area contributed by atoms with Crippen LogP contribution in [0.4, 0.5) is 0 Å². The molecule has 3 atom stereocenters. The largest absolute Gasteiger partial charge is 0.315 e. The first-order chi connectivity index (χ1) is 8.00. The van der Waals surface area contributed by atoms with Gasteiger partial charge in [0.15, 0.2) is 0 Å². The fraction of sp³-hybridized carbons (Fsp3) is 1.00. The topological polar surface area (TPSA) is 3.24 Å². The van der Waals surface area contributed by atoms with E-state index >= 15 is 0 Å². The molecule has 0 spiro atoms. The molecule has 2 aliphatic rings. The molecule has 100 valence electrons. The highest BCUT2D eigenvalue weighted by molar-refractivity contribution is 4.88. The van der Waals surface area contributed by atoms with Crippen molar-refractivity contribution in [2.45, 2.75) is 65.6 Å². The van der Waals surface area contributed by atoms with Crippen LogP contribution in [0.15, 0.2) is 0 Å². The molecule has 2 bridgehead atoms. The van der Waals surface area contributed by atoms with Crippen LogP contribution in [0.2, 0.25) is 0 Å². The van der Waals surface area contributed by atoms with Crippen LogP contribution in [0, 0.1) is 5.92 Å². The maximum absolute atomic E-state index is 2.74. The molecule has 1 unspecified atom stereocenters. The van der Waals surface area contributed by atoms with E-state index in [1.165, 1.54) is 43.5 Å². The van der Waals surface area contributed by atoms with Gasteiger partial charge in [0.1, 0.15) is 12.1 Å². The van der Waals surface area contributed by atoms with Gasteiger partial charge in [0.2, 0.25) is 0 Å². The van der Waals surface area contributed by atoms with E-state index in [-0.39, 0.29) is 0 Å². The second-order valence-corrected chi connectivity index (χ2v) is 6.90. The average molecular weight is 239 g/mol. The Morgan fingerprint density at radius 1 is 1.06 bits per heavy atom. The molecule has 2 heterocycles. The molecule has 2 aliphatic heterocycles. The van der Waals surface area contributed by atoms with Crippen LogP contribution in [-0.2, 0) is 0 Å². The van der Waals surface area contributed by atoms with E-state index in [2.05, 4.69) is 39.5 Å². The summed E-state index contributed by atoms with van der Waals surface area (Å²) < 4.78 is 1.41. The summed E-state index contributed by atoms with van der Waals surface area (Å²) in [7, 11) is 0. The predicted octanol–water partition coefficient (Wildman–Crippen LogP) is 2.73. The minimum atomic E-state index is 0.804. The van der Waals surface area contributed by atoms with Crippen LogP contribution in [0.3, 0.4) is 0 Å². The fourth-order valence-corrected chi connectivity index (χ4v) is 4.71. The van der Waals surface area contributed by atoms with Crippen LogP contribution in [0.5, 0.6) is 0 Å². The average Bonchev–Trinajstić information content (AvgIpc) is 2.43. The normalized spacial score (nSPS) is 38.3. The quantitative estimate of drug-likeness (QED) is 0.682. The number of fused-ring (bicyclic) bond motifs is 2. The summed E-state index contributed by atoms with van der Waals surface area (Å²) in [6, 6.07) is 2.63. The van der Waals surface area contributed by atoms with Crippen molar-refractivity contribution in [2.75, 3.05) is 26.2 Å². The molecule has 2 heteroatoms. The molecule has 17 heavy (non-hydrogen) atoms. The van der Waals surface area contributed by atoms with E-state index < -0.39 is 0 Å². The minimum absolute atomic E-state index is 0.804. The molecule has 0 radical (unpaired) electrons. The second-order valence-electron chi connectivity index (χ2n) is 6.90. The third-order valence-corrected chi connectivity index (χ3v) is 5.26. The number of quaternary nitrogens is 1. The van der Waals surface area contributed by atoms with Crippen molar-refractivity contribution in [3.63, 3.8) is 0 Å². The molecule has 0 saturated carbocycles. The van der Waals surface area contributed by atoms with Crippen molar-refractivity contribution < 1.29 is 4.48 Å². The standard InChI is InChI=1S/C15H31N2/c1-6-17(13(4)5)14-7-8-15(17)11-16(10-14)9-12(2)3/h12-15H,6-11H2,1-5H3/q+1/t14-,15+,17?. The molecular formula is C15H31N2+. The van der Waals surface area contributed by atoms with Gasteiger partial charge in [-0.15, -0.1) is 0 Å². The van der Waals surface area contributed by atoms with E-state index in [1.54, 1.807) is 0 Å². The summed E-state index contributed by atoms with van der Waals surface area (Å²) in [6.07, 6.45) is 2.93. The summed E-state index contributed by atoms with van der Waals surface area (Å²) in [4.78, 5) is 2.74. The van der Waals surface area contributed by atoms with Gasteiger partial charge >= 0.3 is 0 Å². The van der Waals surface area contributed by atoms with Gasteiger partial charge in [-0.3, -0.25) is 4.90 Å². The molecule has 2 nitrogen and oxygen atoms in total. The zero-order valence-corrected chi connectivity index (χ0v) is 12.4. The molecule has 0 aromatic rings. The van der Waals surface area contributed by atoms with E-state index in [9.17, 15) is 0 Å². The summed E-state index contributed by atoms with van der Waals surface area (Å²) in [5.74, 6) is 0.815. The number of likely N-dealkylation sites (N-methyl/N-ethyl adjacent to an activating group) is 1. The summed E-state index contributed by atoms with van der Waals surface area (Å²) >= 11 is 0. The first-order valence-corrected chi connectivity index (χ1v) is 7.60. The molecular weight excluding hydrogens is 208 g/mol. The smallest absolute Gasteiger partial charge is 0.103 e. The number of rotatable bonds is 4. The van der Waals surface area contributed by atoms with Crippen molar-refractivity contribution in [3.05, 3.63) is 0 Å². The van der Waals surface area contributed by atoms with Crippen LogP contribution < -0.4 is 0 Å². The van der Waals surface area contributed by atoms with Crippen LogP contribution in [0.25, 0.3) is 0 Å². The Bertz CT molecular complexity index is 246. The first kappa shape index (κ1) is 13.4. The third kappa shape index (κ3) is 2.15. The molecule has 0 aromatic carbocycles. The van der Waals surface area contributed by atoms with E-state index in [0.29, 0.717) is 0 Å². The monoisotopic (exact) mass is 239 g/mol. The number of likely N-dealkylation sites (tertiary alicyclic amines) is 1. The molecule has 0 amide bonds. The van der Waals surface area contributed by atoms with E-state index in [1.807, 2.05) is 0 Å². The highest BCUT2D eigenvalue weighted by atomic mass is 15.5.